The SMILES string of the molecule is CC(CCCl)CCC(=O)O. The van der Waals surface area contributed by atoms with Crippen LogP contribution in [0, 0.1) is 5.92 Å². The van der Waals surface area contributed by atoms with Gasteiger partial charge in [0.05, 0.1) is 0 Å². The van der Waals surface area contributed by atoms with Crippen LogP contribution in [0.1, 0.15) is 26.2 Å². The molecule has 0 saturated heterocycles. The Hall–Kier alpha value is -0.240. The molecule has 1 atom stereocenters. The number of rotatable bonds is 5. The van der Waals surface area contributed by atoms with Gasteiger partial charge in [-0.15, -0.1) is 11.6 Å². The number of hydrogen-bond donors (Lipinski definition) is 1. The number of carboxylic acid groups (broad SMARTS) is 1. The summed E-state index contributed by atoms with van der Waals surface area (Å²) in [6, 6.07) is 0. The molecule has 2 nitrogen and oxygen atoms in total. The van der Waals surface area contributed by atoms with E-state index in [2.05, 4.69) is 0 Å². The molecule has 0 amide bonds. The molecule has 0 aromatic carbocycles. The van der Waals surface area contributed by atoms with Crippen molar-refractivity contribution in [2.75, 3.05) is 5.88 Å². The molecule has 10 heavy (non-hydrogen) atoms. The monoisotopic (exact) mass is 164 g/mol. The Balaban J connectivity index is 3.21. The van der Waals surface area contributed by atoms with Gasteiger partial charge in [-0.25, -0.2) is 0 Å². The lowest BCUT2D eigenvalue weighted by Gasteiger charge is -2.05. The molecule has 0 radical (unpaired) electrons. The minimum atomic E-state index is -0.721. The Morgan fingerprint density at radius 3 is 2.60 bits per heavy atom. The molecule has 0 aliphatic rings. The van der Waals surface area contributed by atoms with E-state index in [4.69, 9.17) is 16.7 Å². The Morgan fingerprint density at radius 1 is 1.60 bits per heavy atom. The van der Waals surface area contributed by atoms with Crippen molar-refractivity contribution in [3.05, 3.63) is 0 Å². The third kappa shape index (κ3) is 5.89. The van der Waals surface area contributed by atoms with Crippen molar-refractivity contribution < 1.29 is 9.90 Å². The van der Waals surface area contributed by atoms with Gasteiger partial charge in [-0.2, -0.15) is 0 Å². The van der Waals surface area contributed by atoms with Crippen LogP contribution >= 0.6 is 11.6 Å². The Morgan fingerprint density at radius 2 is 2.20 bits per heavy atom. The van der Waals surface area contributed by atoms with Gasteiger partial charge in [-0.05, 0) is 18.8 Å². The van der Waals surface area contributed by atoms with Crippen molar-refractivity contribution in [3.63, 3.8) is 0 Å². The molecule has 1 N–H and O–H groups in total. The standard InChI is InChI=1S/C7H13ClO2/c1-6(4-5-8)2-3-7(9)10/h6H,2-5H2,1H3,(H,9,10). The molecule has 1 unspecified atom stereocenters. The molecular formula is C7H13ClO2. The largest absolute Gasteiger partial charge is 0.481 e. The summed E-state index contributed by atoms with van der Waals surface area (Å²) in [5.41, 5.74) is 0. The van der Waals surface area contributed by atoms with Crippen LogP contribution in [0.15, 0.2) is 0 Å². The van der Waals surface area contributed by atoms with Gasteiger partial charge in [0.1, 0.15) is 0 Å². The highest BCUT2D eigenvalue weighted by atomic mass is 35.5. The maximum Gasteiger partial charge on any atom is 0.303 e. The summed E-state index contributed by atoms with van der Waals surface area (Å²) >= 11 is 5.46. The summed E-state index contributed by atoms with van der Waals surface area (Å²) in [5.74, 6) is 0.343. The average Bonchev–Trinajstić information content (AvgIpc) is 1.85. The van der Waals surface area contributed by atoms with Crippen molar-refractivity contribution >= 4 is 17.6 Å². The van der Waals surface area contributed by atoms with Gasteiger partial charge in [0, 0.05) is 12.3 Å². The summed E-state index contributed by atoms with van der Waals surface area (Å²) in [7, 11) is 0. The van der Waals surface area contributed by atoms with Crippen molar-refractivity contribution in [2.24, 2.45) is 5.92 Å². The van der Waals surface area contributed by atoms with Crippen LogP contribution in [-0.4, -0.2) is 17.0 Å². The van der Waals surface area contributed by atoms with Crippen molar-refractivity contribution in [1.82, 2.24) is 0 Å². The zero-order valence-electron chi connectivity index (χ0n) is 6.14. The van der Waals surface area contributed by atoms with E-state index >= 15 is 0 Å². The normalized spacial score (nSPS) is 13.0. The summed E-state index contributed by atoms with van der Waals surface area (Å²) in [5, 5.41) is 8.30. The van der Waals surface area contributed by atoms with Gasteiger partial charge in [0.2, 0.25) is 0 Å². The maximum absolute atomic E-state index is 10.1. The minimum Gasteiger partial charge on any atom is -0.481 e. The number of alkyl halides is 1. The van der Waals surface area contributed by atoms with Gasteiger partial charge < -0.3 is 5.11 Å². The van der Waals surface area contributed by atoms with Gasteiger partial charge in [-0.1, -0.05) is 6.92 Å². The third-order valence-corrected chi connectivity index (χ3v) is 1.67. The smallest absolute Gasteiger partial charge is 0.303 e. The van der Waals surface area contributed by atoms with Crippen molar-refractivity contribution in [3.8, 4) is 0 Å². The van der Waals surface area contributed by atoms with E-state index in [0.717, 1.165) is 12.8 Å². The summed E-state index contributed by atoms with van der Waals surface area (Å²) in [6.45, 7) is 2.02. The second-order valence-corrected chi connectivity index (χ2v) is 2.89. The topological polar surface area (TPSA) is 37.3 Å². The van der Waals surface area contributed by atoms with E-state index in [-0.39, 0.29) is 6.42 Å². The van der Waals surface area contributed by atoms with Crippen LogP contribution in [0.5, 0.6) is 0 Å². The first-order chi connectivity index (χ1) is 4.66. The maximum atomic E-state index is 10.1. The quantitative estimate of drug-likeness (QED) is 0.632. The lowest BCUT2D eigenvalue weighted by Crippen LogP contribution is -2.01. The fraction of sp³-hybridized carbons (Fsp3) is 0.857. The molecule has 3 heteroatoms. The molecule has 0 rings (SSSR count). The third-order valence-electron chi connectivity index (χ3n) is 1.45. The van der Waals surface area contributed by atoms with Crippen LogP contribution in [-0.2, 0) is 4.79 Å². The highest BCUT2D eigenvalue weighted by Crippen LogP contribution is 2.10. The summed E-state index contributed by atoms with van der Waals surface area (Å²) in [4.78, 5) is 10.1. The minimum absolute atomic E-state index is 0.262. The highest BCUT2D eigenvalue weighted by Gasteiger charge is 2.03. The predicted octanol–water partition coefficient (Wildman–Crippen LogP) is 2.12. The highest BCUT2D eigenvalue weighted by molar-refractivity contribution is 6.17. The van der Waals surface area contributed by atoms with Crippen LogP contribution in [0.2, 0.25) is 0 Å². The molecule has 0 bridgehead atoms. The Kier molecular flexibility index (Phi) is 5.40. The molecule has 0 aromatic rings. The number of carboxylic acids is 1. The van der Waals surface area contributed by atoms with E-state index in [1.165, 1.54) is 0 Å². The summed E-state index contributed by atoms with van der Waals surface area (Å²) < 4.78 is 0. The van der Waals surface area contributed by atoms with Crippen LogP contribution in [0.25, 0.3) is 0 Å². The number of hydrogen-bond acceptors (Lipinski definition) is 1. The Labute approximate surface area is 66.2 Å². The number of carbonyl (C=O) groups is 1. The lowest BCUT2D eigenvalue weighted by atomic mass is 10.0. The zero-order chi connectivity index (χ0) is 7.98. The van der Waals surface area contributed by atoms with E-state index in [0.29, 0.717) is 11.8 Å². The number of aliphatic carboxylic acids is 1. The average molecular weight is 165 g/mol. The first kappa shape index (κ1) is 9.76. The van der Waals surface area contributed by atoms with E-state index < -0.39 is 5.97 Å². The van der Waals surface area contributed by atoms with Gasteiger partial charge >= 0.3 is 5.97 Å². The fourth-order valence-corrected chi connectivity index (χ4v) is 1.07. The van der Waals surface area contributed by atoms with Crippen molar-refractivity contribution in [1.29, 1.82) is 0 Å². The van der Waals surface area contributed by atoms with Crippen LogP contribution < -0.4 is 0 Å². The van der Waals surface area contributed by atoms with Crippen LogP contribution in [0.4, 0.5) is 0 Å². The molecule has 0 saturated carbocycles. The first-order valence-electron chi connectivity index (χ1n) is 3.44. The zero-order valence-corrected chi connectivity index (χ0v) is 6.90. The van der Waals surface area contributed by atoms with Gasteiger partial charge in [-0.3, -0.25) is 4.79 Å². The molecule has 0 spiro atoms. The van der Waals surface area contributed by atoms with Crippen LogP contribution in [0.3, 0.4) is 0 Å². The lowest BCUT2D eigenvalue weighted by molar-refractivity contribution is -0.137. The van der Waals surface area contributed by atoms with Gasteiger partial charge in [0.15, 0.2) is 0 Å². The molecule has 0 heterocycles. The molecular weight excluding hydrogens is 152 g/mol. The molecule has 60 valence electrons. The second-order valence-electron chi connectivity index (χ2n) is 2.52. The van der Waals surface area contributed by atoms with E-state index in [1.54, 1.807) is 0 Å². The first-order valence-corrected chi connectivity index (χ1v) is 3.98. The Bertz CT molecular complexity index is 104. The second kappa shape index (κ2) is 5.54. The molecule has 0 fully saturated rings. The predicted molar refractivity (Wildman–Crippen MR) is 41.4 cm³/mol. The van der Waals surface area contributed by atoms with E-state index in [1.807, 2.05) is 6.92 Å². The molecule has 0 aliphatic heterocycles. The molecule has 0 aliphatic carbocycles. The number of halogens is 1. The summed E-state index contributed by atoms with van der Waals surface area (Å²) in [6.07, 6.45) is 1.91. The van der Waals surface area contributed by atoms with E-state index in [9.17, 15) is 4.79 Å². The van der Waals surface area contributed by atoms with Gasteiger partial charge in [0.25, 0.3) is 0 Å². The van der Waals surface area contributed by atoms with Crippen molar-refractivity contribution in [2.45, 2.75) is 26.2 Å². The molecule has 0 aromatic heterocycles. The fourth-order valence-electron chi connectivity index (χ4n) is 0.700.